The Balaban J connectivity index is 0.959. The van der Waals surface area contributed by atoms with Gasteiger partial charge in [0.1, 0.15) is 5.75 Å². The summed E-state index contributed by atoms with van der Waals surface area (Å²) in [5.41, 5.74) is 4.89. The van der Waals surface area contributed by atoms with Crippen molar-refractivity contribution in [3.05, 3.63) is 95.2 Å². The number of nitrogens with zero attached hydrogens (tertiary/aromatic N) is 2. The first-order valence-electron chi connectivity index (χ1n) is 17.7. The molecule has 4 aromatic rings. The van der Waals surface area contributed by atoms with Gasteiger partial charge in [-0.05, 0) is 66.6 Å². The molecule has 0 bridgehead atoms. The zero-order valence-corrected chi connectivity index (χ0v) is 29.5. The average Bonchev–Trinajstić information content (AvgIpc) is 3.09. The first-order valence-corrected chi connectivity index (χ1v) is 18.5. The van der Waals surface area contributed by atoms with E-state index in [0.717, 1.165) is 59.8 Å². The van der Waals surface area contributed by atoms with Crippen LogP contribution >= 0.6 is 15.9 Å². The molecule has 0 spiro atoms. The molecule has 1 heterocycles. The second kappa shape index (κ2) is 21.6. The van der Waals surface area contributed by atoms with Crippen LogP contribution in [-0.4, -0.2) is 23.2 Å². The van der Waals surface area contributed by atoms with Gasteiger partial charge >= 0.3 is 0 Å². The van der Waals surface area contributed by atoms with Crippen LogP contribution < -0.4 is 9.47 Å². The lowest BCUT2D eigenvalue weighted by Crippen LogP contribution is -1.99. The molecule has 0 aliphatic heterocycles. The molecule has 0 fully saturated rings. The summed E-state index contributed by atoms with van der Waals surface area (Å²) in [6, 6.07) is 25.5. The van der Waals surface area contributed by atoms with E-state index >= 15 is 0 Å². The summed E-state index contributed by atoms with van der Waals surface area (Å²) in [6.07, 6.45) is 23.9. The molecule has 4 nitrogen and oxygen atoms in total. The first kappa shape index (κ1) is 35.7. The molecule has 46 heavy (non-hydrogen) atoms. The third-order valence-electron chi connectivity index (χ3n) is 8.52. The molecular weight excluding hydrogens is 632 g/mol. The summed E-state index contributed by atoms with van der Waals surface area (Å²) in [4.78, 5) is 9.09. The van der Waals surface area contributed by atoms with E-state index < -0.39 is 0 Å². The van der Waals surface area contributed by atoms with Gasteiger partial charge < -0.3 is 9.47 Å². The van der Waals surface area contributed by atoms with Crippen LogP contribution in [0, 0.1) is 0 Å². The largest absolute Gasteiger partial charge is 0.494 e. The highest BCUT2D eigenvalue weighted by atomic mass is 79.9. The summed E-state index contributed by atoms with van der Waals surface area (Å²) in [5, 5.41) is 0. The van der Waals surface area contributed by atoms with E-state index in [4.69, 9.17) is 9.47 Å². The van der Waals surface area contributed by atoms with Gasteiger partial charge in [0.05, 0.1) is 25.6 Å². The number of benzene rings is 3. The fourth-order valence-corrected chi connectivity index (χ4v) is 5.94. The third-order valence-corrected chi connectivity index (χ3v) is 9.05. The Hall–Kier alpha value is -3.18. The maximum absolute atomic E-state index is 5.95. The Bertz CT molecular complexity index is 1340. The van der Waals surface area contributed by atoms with E-state index in [2.05, 4.69) is 106 Å². The zero-order chi connectivity index (χ0) is 32.1. The molecule has 0 radical (unpaired) electrons. The van der Waals surface area contributed by atoms with Gasteiger partial charge in [-0.2, -0.15) is 0 Å². The minimum Gasteiger partial charge on any atom is -0.494 e. The number of aromatic nitrogens is 2. The second-order valence-corrected chi connectivity index (χ2v) is 13.3. The molecule has 0 saturated heterocycles. The van der Waals surface area contributed by atoms with Crippen molar-refractivity contribution in [3.8, 4) is 34.0 Å². The van der Waals surface area contributed by atoms with Crippen LogP contribution in [0.25, 0.3) is 22.5 Å². The lowest BCUT2D eigenvalue weighted by Gasteiger charge is -2.08. The zero-order valence-electron chi connectivity index (χ0n) is 27.9. The summed E-state index contributed by atoms with van der Waals surface area (Å²) in [5.74, 6) is 2.47. The van der Waals surface area contributed by atoms with Gasteiger partial charge in [0, 0.05) is 10.0 Å². The minimum atomic E-state index is 0.725. The summed E-state index contributed by atoms with van der Waals surface area (Å²) in [6.45, 7) is 3.78. The number of unbranched alkanes of at least 4 members (excludes halogenated alkanes) is 13. The van der Waals surface area contributed by atoms with Crippen molar-refractivity contribution in [2.24, 2.45) is 0 Å². The Morgan fingerprint density at radius 3 is 1.50 bits per heavy atom. The lowest BCUT2D eigenvalue weighted by atomic mass is 10.0. The van der Waals surface area contributed by atoms with Gasteiger partial charge in [-0.15, -0.1) is 0 Å². The summed E-state index contributed by atoms with van der Waals surface area (Å²) < 4.78 is 13.0. The lowest BCUT2D eigenvalue weighted by molar-refractivity contribution is 0.301. The number of rotatable bonds is 23. The number of halogens is 1. The first-order chi connectivity index (χ1) is 22.7. The van der Waals surface area contributed by atoms with Crippen LogP contribution in [0.5, 0.6) is 11.5 Å². The topological polar surface area (TPSA) is 44.2 Å². The Morgan fingerprint density at radius 2 is 0.935 bits per heavy atom. The van der Waals surface area contributed by atoms with E-state index in [1.165, 1.54) is 100 Å². The molecule has 0 aliphatic carbocycles. The molecule has 246 valence electrons. The van der Waals surface area contributed by atoms with Gasteiger partial charge in [-0.3, -0.25) is 0 Å². The van der Waals surface area contributed by atoms with Crippen molar-refractivity contribution < 1.29 is 9.47 Å². The molecule has 1 aromatic heterocycles. The van der Waals surface area contributed by atoms with Crippen LogP contribution in [0.2, 0.25) is 0 Å². The highest BCUT2D eigenvalue weighted by Gasteiger charge is 2.04. The van der Waals surface area contributed by atoms with Gasteiger partial charge in [-0.1, -0.05) is 148 Å². The Labute approximate surface area is 286 Å². The predicted octanol–water partition coefficient (Wildman–Crippen LogP) is 12.4. The van der Waals surface area contributed by atoms with Crippen molar-refractivity contribution in [2.45, 2.75) is 110 Å². The SMILES string of the molecule is CCCCCCCCc1ccc(-c2ncc(OCCCCCCCCCCCOc3ccc(-c4ccc(Br)cc4)cc3)cn2)cc1. The van der Waals surface area contributed by atoms with E-state index in [1.807, 2.05) is 0 Å². The second-order valence-electron chi connectivity index (χ2n) is 12.4. The van der Waals surface area contributed by atoms with Gasteiger partial charge in [-0.25, -0.2) is 9.97 Å². The van der Waals surface area contributed by atoms with Crippen molar-refractivity contribution in [3.63, 3.8) is 0 Å². The Kier molecular flexibility index (Phi) is 16.7. The fraction of sp³-hybridized carbons (Fsp3) is 0.463. The van der Waals surface area contributed by atoms with Crippen molar-refractivity contribution >= 4 is 15.9 Å². The van der Waals surface area contributed by atoms with E-state index in [1.54, 1.807) is 12.4 Å². The fourth-order valence-electron chi connectivity index (χ4n) is 5.68. The maximum Gasteiger partial charge on any atom is 0.159 e. The van der Waals surface area contributed by atoms with Crippen molar-refractivity contribution in [1.82, 2.24) is 9.97 Å². The number of hydrogen-bond acceptors (Lipinski definition) is 4. The van der Waals surface area contributed by atoms with E-state index in [9.17, 15) is 0 Å². The maximum atomic E-state index is 5.95. The molecule has 0 atom stereocenters. The average molecular weight is 686 g/mol. The monoisotopic (exact) mass is 684 g/mol. The number of ether oxygens (including phenoxy) is 2. The quantitative estimate of drug-likeness (QED) is 0.0729. The molecule has 0 amide bonds. The molecule has 0 N–H and O–H groups in total. The number of aryl methyl sites for hydroxylation is 1. The standard InChI is InChI=1S/C41H53BrN2O2/c1-2-3-4-5-11-14-17-34-18-20-37(21-19-34)41-43-32-40(33-44-41)46-31-16-13-10-8-6-7-9-12-15-30-45-39-28-24-36(25-29-39)35-22-26-38(42)27-23-35/h18-29,32-33H,2-17,30-31H2,1H3. The summed E-state index contributed by atoms with van der Waals surface area (Å²) in [7, 11) is 0. The highest BCUT2D eigenvalue weighted by Crippen LogP contribution is 2.24. The molecule has 0 aliphatic rings. The van der Waals surface area contributed by atoms with E-state index in [0.29, 0.717) is 0 Å². The molecule has 0 saturated carbocycles. The molecule has 0 unspecified atom stereocenters. The molecule has 4 rings (SSSR count). The normalized spacial score (nSPS) is 11.1. The van der Waals surface area contributed by atoms with Crippen molar-refractivity contribution in [1.29, 1.82) is 0 Å². The van der Waals surface area contributed by atoms with Crippen LogP contribution in [0.15, 0.2) is 89.7 Å². The predicted molar refractivity (Wildman–Crippen MR) is 197 cm³/mol. The molecule has 5 heteroatoms. The van der Waals surface area contributed by atoms with Gasteiger partial charge in [0.2, 0.25) is 0 Å². The van der Waals surface area contributed by atoms with Crippen LogP contribution in [0.4, 0.5) is 0 Å². The smallest absolute Gasteiger partial charge is 0.159 e. The highest BCUT2D eigenvalue weighted by molar-refractivity contribution is 9.10. The summed E-state index contributed by atoms with van der Waals surface area (Å²) >= 11 is 3.49. The minimum absolute atomic E-state index is 0.725. The third kappa shape index (κ3) is 13.7. The van der Waals surface area contributed by atoms with Gasteiger partial charge in [0.15, 0.2) is 11.6 Å². The van der Waals surface area contributed by atoms with Crippen LogP contribution in [-0.2, 0) is 6.42 Å². The number of hydrogen-bond donors (Lipinski definition) is 0. The van der Waals surface area contributed by atoms with Gasteiger partial charge in [0.25, 0.3) is 0 Å². The molecular formula is C41H53BrN2O2. The van der Waals surface area contributed by atoms with Crippen molar-refractivity contribution in [2.75, 3.05) is 13.2 Å². The molecule has 3 aromatic carbocycles. The van der Waals surface area contributed by atoms with E-state index in [-0.39, 0.29) is 0 Å². The van der Waals surface area contributed by atoms with Crippen LogP contribution in [0.3, 0.4) is 0 Å². The Morgan fingerprint density at radius 1 is 0.478 bits per heavy atom. The van der Waals surface area contributed by atoms with Crippen LogP contribution in [0.1, 0.15) is 109 Å².